The van der Waals surface area contributed by atoms with Gasteiger partial charge in [0.15, 0.2) is 0 Å². The first-order chi connectivity index (χ1) is 24.4. The topological polar surface area (TPSA) is 180 Å². The van der Waals surface area contributed by atoms with Crippen LogP contribution in [0.4, 0.5) is 0 Å². The van der Waals surface area contributed by atoms with Crippen LogP contribution in [0, 0.1) is 11.3 Å². The molecular weight excluding hydrogens is 646 g/mol. The minimum atomic E-state index is -0.988. The second kappa shape index (κ2) is 18.8. The summed E-state index contributed by atoms with van der Waals surface area (Å²) in [6, 6.07) is 15.2. The molecule has 2 aromatic carbocycles. The molecule has 0 unspecified atom stereocenters. The molecule has 2 heterocycles. The Morgan fingerprint density at radius 3 is 1.80 bits per heavy atom. The number of carbonyl (C=O) groups is 5. The Balaban J connectivity index is 1.44. The molecule has 0 saturated carbocycles. The molecule has 2 fully saturated rings. The summed E-state index contributed by atoms with van der Waals surface area (Å²) in [5.41, 5.74) is 13.8. The highest BCUT2D eigenvalue weighted by atomic mass is 16.2. The quantitative estimate of drug-likeness (QED) is 0.156. The van der Waals surface area contributed by atoms with E-state index in [1.54, 1.807) is 11.8 Å². The number of unbranched alkanes of at least 4 members (excludes halogenated alkanes) is 1. The van der Waals surface area contributed by atoms with Crippen molar-refractivity contribution in [3.63, 3.8) is 0 Å². The highest BCUT2D eigenvalue weighted by molar-refractivity contribution is 5.95. The third-order valence-electron chi connectivity index (χ3n) is 10.1. The number of nitrogens with one attached hydrogen (secondary N) is 3. The first-order valence-electron chi connectivity index (χ1n) is 18.4. The average Bonchev–Trinajstić information content (AvgIpc) is 3.09. The van der Waals surface area contributed by atoms with Gasteiger partial charge < -0.3 is 37.2 Å². The molecule has 7 N–H and O–H groups in total. The van der Waals surface area contributed by atoms with Crippen molar-refractivity contribution in [1.82, 2.24) is 25.8 Å². The van der Waals surface area contributed by atoms with Gasteiger partial charge in [-0.05, 0) is 68.5 Å². The molecule has 0 radical (unpaired) electrons. The fourth-order valence-electron chi connectivity index (χ4n) is 7.05. The Labute approximate surface area is 302 Å². The summed E-state index contributed by atoms with van der Waals surface area (Å²) in [5, 5.41) is 8.73. The van der Waals surface area contributed by atoms with Gasteiger partial charge in [-0.3, -0.25) is 24.0 Å². The molecule has 12 heteroatoms. The highest BCUT2D eigenvalue weighted by Crippen LogP contribution is 2.40. The molecule has 1 spiro atoms. The van der Waals surface area contributed by atoms with Gasteiger partial charge in [0.1, 0.15) is 18.1 Å². The summed E-state index contributed by atoms with van der Waals surface area (Å²) in [4.78, 5) is 70.4. The van der Waals surface area contributed by atoms with Gasteiger partial charge in [0.05, 0.1) is 6.04 Å². The SMILES string of the molecule is CC(=O)N1CCC2(CC1)CN(C(=O)[C@@H](CCCCN)NC(=O)[C@@H](CC(C)C)NC(=O)[C@@H](Cc1ccccc1)NC(=O)[C@H](N)Cc1ccccc1)C2. The minimum absolute atomic E-state index is 0.00339. The summed E-state index contributed by atoms with van der Waals surface area (Å²) in [7, 11) is 0. The van der Waals surface area contributed by atoms with Gasteiger partial charge in [0, 0.05) is 44.9 Å². The number of hydrogen-bond donors (Lipinski definition) is 5. The Bertz CT molecular complexity index is 1450. The normalized spacial score (nSPS) is 17.5. The van der Waals surface area contributed by atoms with E-state index in [2.05, 4.69) is 16.0 Å². The smallest absolute Gasteiger partial charge is 0.245 e. The number of benzene rings is 2. The number of amides is 5. The third-order valence-corrected chi connectivity index (χ3v) is 10.1. The molecular formula is C39H57N7O5. The summed E-state index contributed by atoms with van der Waals surface area (Å²) in [6.07, 6.45) is 4.34. The number of nitrogens with two attached hydrogens (primary N) is 2. The van der Waals surface area contributed by atoms with Crippen LogP contribution in [-0.2, 0) is 36.8 Å². The van der Waals surface area contributed by atoms with Crippen molar-refractivity contribution in [2.75, 3.05) is 32.7 Å². The Morgan fingerprint density at radius 2 is 1.25 bits per heavy atom. The lowest BCUT2D eigenvalue weighted by Gasteiger charge is -2.54. The fourth-order valence-corrected chi connectivity index (χ4v) is 7.05. The molecule has 0 aliphatic carbocycles. The van der Waals surface area contributed by atoms with Crippen LogP contribution in [0.15, 0.2) is 60.7 Å². The second-order valence-electron chi connectivity index (χ2n) is 14.8. The number of nitrogens with zero attached hydrogens (tertiary/aromatic N) is 2. The van der Waals surface area contributed by atoms with E-state index >= 15 is 0 Å². The van der Waals surface area contributed by atoms with Crippen molar-refractivity contribution in [3.8, 4) is 0 Å². The van der Waals surface area contributed by atoms with Crippen LogP contribution >= 0.6 is 0 Å². The lowest BCUT2D eigenvalue weighted by atomic mass is 9.71. The van der Waals surface area contributed by atoms with E-state index in [1.165, 1.54) is 0 Å². The maximum Gasteiger partial charge on any atom is 0.245 e. The van der Waals surface area contributed by atoms with Crippen LogP contribution in [0.1, 0.15) is 70.4 Å². The monoisotopic (exact) mass is 703 g/mol. The maximum atomic E-state index is 13.9. The number of likely N-dealkylation sites (tertiary alicyclic amines) is 2. The third kappa shape index (κ3) is 11.6. The first-order valence-corrected chi connectivity index (χ1v) is 18.4. The van der Waals surface area contributed by atoms with Gasteiger partial charge in [-0.2, -0.15) is 0 Å². The van der Waals surface area contributed by atoms with Crippen molar-refractivity contribution in [2.45, 2.75) is 96.3 Å². The van der Waals surface area contributed by atoms with Gasteiger partial charge in [0.2, 0.25) is 29.5 Å². The van der Waals surface area contributed by atoms with E-state index < -0.39 is 41.9 Å². The number of rotatable bonds is 17. The summed E-state index contributed by atoms with van der Waals surface area (Å²) < 4.78 is 0. The zero-order chi connectivity index (χ0) is 37.0. The zero-order valence-corrected chi connectivity index (χ0v) is 30.4. The van der Waals surface area contributed by atoms with E-state index in [0.29, 0.717) is 64.8 Å². The molecule has 51 heavy (non-hydrogen) atoms. The molecule has 12 nitrogen and oxygen atoms in total. The second-order valence-corrected chi connectivity index (χ2v) is 14.8. The van der Waals surface area contributed by atoms with Gasteiger partial charge in [-0.1, -0.05) is 74.5 Å². The van der Waals surface area contributed by atoms with Crippen LogP contribution in [0.5, 0.6) is 0 Å². The lowest BCUT2D eigenvalue weighted by Crippen LogP contribution is -2.65. The first kappa shape index (κ1) is 39.5. The highest BCUT2D eigenvalue weighted by Gasteiger charge is 2.48. The van der Waals surface area contributed by atoms with Gasteiger partial charge >= 0.3 is 0 Å². The Hall–Kier alpha value is -4.29. The number of carbonyl (C=O) groups excluding carboxylic acids is 5. The van der Waals surface area contributed by atoms with Crippen molar-refractivity contribution < 1.29 is 24.0 Å². The zero-order valence-electron chi connectivity index (χ0n) is 30.4. The number of hydrogen-bond acceptors (Lipinski definition) is 7. The van der Waals surface area contributed by atoms with Gasteiger partial charge in [-0.15, -0.1) is 0 Å². The summed E-state index contributed by atoms with van der Waals surface area (Å²) >= 11 is 0. The predicted molar refractivity (Wildman–Crippen MR) is 197 cm³/mol. The lowest BCUT2D eigenvalue weighted by molar-refractivity contribution is -0.153. The van der Waals surface area contributed by atoms with Gasteiger partial charge in [-0.25, -0.2) is 0 Å². The van der Waals surface area contributed by atoms with Crippen molar-refractivity contribution in [1.29, 1.82) is 0 Å². The summed E-state index contributed by atoms with van der Waals surface area (Å²) in [5.74, 6) is -1.44. The largest absolute Gasteiger partial charge is 0.343 e. The molecule has 4 rings (SSSR count). The van der Waals surface area contributed by atoms with Crippen LogP contribution in [-0.4, -0.2) is 96.2 Å². The average molecular weight is 704 g/mol. The number of piperidine rings is 1. The molecule has 2 aliphatic rings. The van der Waals surface area contributed by atoms with Crippen LogP contribution in [0.3, 0.4) is 0 Å². The van der Waals surface area contributed by atoms with Crippen molar-refractivity contribution in [2.24, 2.45) is 22.8 Å². The molecule has 2 aliphatic heterocycles. The van der Waals surface area contributed by atoms with Crippen LogP contribution in [0.2, 0.25) is 0 Å². The molecule has 0 bridgehead atoms. The van der Waals surface area contributed by atoms with E-state index in [9.17, 15) is 24.0 Å². The Kier molecular flexibility index (Phi) is 14.6. The summed E-state index contributed by atoms with van der Waals surface area (Å²) in [6.45, 7) is 8.55. The molecule has 0 aromatic heterocycles. The molecule has 2 saturated heterocycles. The predicted octanol–water partition coefficient (Wildman–Crippen LogP) is 1.90. The molecule has 5 amide bonds. The van der Waals surface area contributed by atoms with E-state index in [1.807, 2.05) is 79.4 Å². The minimum Gasteiger partial charge on any atom is -0.343 e. The maximum absolute atomic E-state index is 13.9. The van der Waals surface area contributed by atoms with E-state index in [0.717, 1.165) is 24.0 Å². The molecule has 4 atom stereocenters. The van der Waals surface area contributed by atoms with Crippen molar-refractivity contribution >= 4 is 29.5 Å². The standard InChI is InChI=1S/C39H57N7O5/c1-27(2)22-33(36(49)42-32(16-10-11-19-40)38(51)46-25-39(26-46)17-20-45(21-18-39)28(3)47)44-37(50)34(24-30-14-8-5-9-15-30)43-35(48)31(41)23-29-12-6-4-7-13-29/h4-9,12-15,27,31-34H,10-11,16-26,40-41H2,1-3H3,(H,42,49)(H,43,48)(H,44,50)/t31-,32-,33-,34-/m1/s1. The van der Waals surface area contributed by atoms with Gasteiger partial charge in [0.25, 0.3) is 0 Å². The Morgan fingerprint density at radius 1 is 0.725 bits per heavy atom. The fraction of sp³-hybridized carbons (Fsp3) is 0.564. The van der Waals surface area contributed by atoms with Crippen LogP contribution < -0.4 is 27.4 Å². The van der Waals surface area contributed by atoms with E-state index in [4.69, 9.17) is 11.5 Å². The van der Waals surface area contributed by atoms with Crippen LogP contribution in [0.25, 0.3) is 0 Å². The molecule has 278 valence electrons. The van der Waals surface area contributed by atoms with E-state index in [-0.39, 0.29) is 29.6 Å². The molecule has 2 aromatic rings. The van der Waals surface area contributed by atoms with Crippen molar-refractivity contribution in [3.05, 3.63) is 71.8 Å².